The molecule has 28 heavy (non-hydrogen) atoms. The number of aliphatic hydroxyl groups excluding tert-OH is 2. The molecule has 4 atom stereocenters. The Kier molecular flexibility index (Phi) is 7.55. The molecule has 2 rings (SSSR count). The molecular formula is C23H32O5. The molecule has 2 N–H and O–H groups in total. The van der Waals surface area contributed by atoms with Crippen LogP contribution in [0.25, 0.3) is 0 Å². The lowest BCUT2D eigenvalue weighted by Crippen LogP contribution is -2.55. The summed E-state index contributed by atoms with van der Waals surface area (Å²) in [5.74, 6) is -0.819. The van der Waals surface area contributed by atoms with Gasteiger partial charge in [-0.25, -0.2) is 0 Å². The van der Waals surface area contributed by atoms with E-state index in [1.165, 1.54) is 17.2 Å². The molecule has 2 unspecified atom stereocenters. The van der Waals surface area contributed by atoms with Crippen LogP contribution in [0.1, 0.15) is 59.8 Å². The third-order valence-electron chi connectivity index (χ3n) is 5.74. The van der Waals surface area contributed by atoms with Gasteiger partial charge in [0.1, 0.15) is 0 Å². The predicted octanol–water partition coefficient (Wildman–Crippen LogP) is 4.13. The van der Waals surface area contributed by atoms with Crippen molar-refractivity contribution in [3.05, 3.63) is 46.8 Å². The van der Waals surface area contributed by atoms with E-state index in [0.717, 1.165) is 25.5 Å². The van der Waals surface area contributed by atoms with Crippen molar-refractivity contribution < 1.29 is 24.5 Å². The largest absolute Gasteiger partial charge is 0.515 e. The zero-order chi connectivity index (χ0) is 20.9. The van der Waals surface area contributed by atoms with Gasteiger partial charge in [-0.3, -0.25) is 9.59 Å². The molecule has 0 saturated carbocycles. The molecule has 0 aromatic rings. The first-order chi connectivity index (χ1) is 13.2. The first kappa shape index (κ1) is 22.3. The van der Waals surface area contributed by atoms with Gasteiger partial charge in [0.2, 0.25) is 0 Å². The van der Waals surface area contributed by atoms with E-state index < -0.39 is 23.7 Å². The van der Waals surface area contributed by atoms with E-state index in [9.17, 15) is 19.8 Å². The van der Waals surface area contributed by atoms with E-state index >= 15 is 0 Å². The molecule has 1 heterocycles. The Hall–Kier alpha value is -1.98. The zero-order valence-corrected chi connectivity index (χ0v) is 17.3. The maximum atomic E-state index is 12.3. The summed E-state index contributed by atoms with van der Waals surface area (Å²) in [6.07, 6.45) is 9.10. The summed E-state index contributed by atoms with van der Waals surface area (Å²) in [6, 6.07) is 0. The summed E-state index contributed by atoms with van der Waals surface area (Å²) >= 11 is 0. The van der Waals surface area contributed by atoms with Crippen molar-refractivity contribution in [1.82, 2.24) is 0 Å². The molecule has 0 radical (unpaired) electrons. The summed E-state index contributed by atoms with van der Waals surface area (Å²) in [5, 5.41) is 20.3. The van der Waals surface area contributed by atoms with Crippen LogP contribution in [-0.2, 0) is 14.3 Å². The minimum absolute atomic E-state index is 0.141. The van der Waals surface area contributed by atoms with Gasteiger partial charge in [0, 0.05) is 11.1 Å². The molecule has 2 aliphatic rings. The monoisotopic (exact) mass is 388 g/mol. The van der Waals surface area contributed by atoms with Crippen LogP contribution >= 0.6 is 0 Å². The highest BCUT2D eigenvalue weighted by atomic mass is 16.5. The molecule has 0 aromatic carbocycles. The molecule has 0 amide bonds. The van der Waals surface area contributed by atoms with E-state index in [1.807, 2.05) is 6.92 Å². The first-order valence-electron chi connectivity index (χ1n) is 9.92. The third-order valence-corrected chi connectivity index (χ3v) is 5.74. The second-order valence-corrected chi connectivity index (χ2v) is 8.32. The van der Waals surface area contributed by atoms with E-state index in [2.05, 4.69) is 32.9 Å². The van der Waals surface area contributed by atoms with Crippen LogP contribution in [-0.4, -0.2) is 40.1 Å². The van der Waals surface area contributed by atoms with Crippen LogP contribution < -0.4 is 0 Å². The number of fused-ring (bicyclic) bond motifs is 1. The molecule has 5 nitrogen and oxygen atoms in total. The average molecular weight is 389 g/mol. The van der Waals surface area contributed by atoms with Crippen LogP contribution in [0.15, 0.2) is 46.8 Å². The maximum absolute atomic E-state index is 12.3. The second-order valence-electron chi connectivity index (χ2n) is 8.32. The molecule has 5 heteroatoms. The summed E-state index contributed by atoms with van der Waals surface area (Å²) in [4.78, 5) is 23.6. The quantitative estimate of drug-likeness (QED) is 0.389. The molecule has 1 saturated heterocycles. The Morgan fingerprint density at radius 3 is 2.61 bits per heavy atom. The third kappa shape index (κ3) is 5.09. The van der Waals surface area contributed by atoms with E-state index in [-0.39, 0.29) is 17.8 Å². The highest BCUT2D eigenvalue weighted by molar-refractivity contribution is 6.01. The normalized spacial score (nSPS) is 32.0. The highest BCUT2D eigenvalue weighted by Crippen LogP contribution is 2.42. The Bertz CT molecular complexity index is 723. The number of hydrogen-bond donors (Lipinski definition) is 2. The summed E-state index contributed by atoms with van der Waals surface area (Å²) in [5.41, 5.74) is 2.21. The lowest BCUT2D eigenvalue weighted by molar-refractivity contribution is -0.194. The minimum Gasteiger partial charge on any atom is -0.515 e. The molecule has 154 valence electrons. The van der Waals surface area contributed by atoms with Gasteiger partial charge in [-0.2, -0.15) is 0 Å². The fourth-order valence-corrected chi connectivity index (χ4v) is 3.89. The van der Waals surface area contributed by atoms with Crippen LogP contribution in [0.4, 0.5) is 0 Å². The zero-order valence-electron chi connectivity index (χ0n) is 17.3. The molecule has 1 aliphatic carbocycles. The van der Waals surface area contributed by atoms with Gasteiger partial charge in [0.05, 0.1) is 30.0 Å². The number of hydrogen-bond acceptors (Lipinski definition) is 5. The molecule has 0 spiro atoms. The van der Waals surface area contributed by atoms with Crippen molar-refractivity contribution in [3.8, 4) is 0 Å². The van der Waals surface area contributed by atoms with E-state index in [1.54, 1.807) is 0 Å². The Balaban J connectivity index is 2.07. The fraction of sp³-hybridized carbons (Fsp3) is 0.565. The molecule has 1 aliphatic heterocycles. The number of aldehydes is 1. The van der Waals surface area contributed by atoms with Crippen molar-refractivity contribution in [2.75, 3.05) is 0 Å². The summed E-state index contributed by atoms with van der Waals surface area (Å²) in [6.45, 7) is 8.11. The first-order valence-corrected chi connectivity index (χ1v) is 9.92. The van der Waals surface area contributed by atoms with Gasteiger partial charge in [-0.15, -0.1) is 0 Å². The Morgan fingerprint density at radius 1 is 1.29 bits per heavy atom. The minimum atomic E-state index is -0.849. The van der Waals surface area contributed by atoms with Crippen molar-refractivity contribution in [2.45, 2.75) is 77.6 Å². The summed E-state index contributed by atoms with van der Waals surface area (Å²) in [7, 11) is 0. The van der Waals surface area contributed by atoms with Crippen LogP contribution in [0.5, 0.6) is 0 Å². The van der Waals surface area contributed by atoms with Crippen molar-refractivity contribution in [3.63, 3.8) is 0 Å². The van der Waals surface area contributed by atoms with Gasteiger partial charge in [0.25, 0.3) is 0 Å². The highest BCUT2D eigenvalue weighted by Gasteiger charge is 2.50. The number of ketones is 1. The van der Waals surface area contributed by atoms with Crippen LogP contribution in [0.3, 0.4) is 0 Å². The predicted molar refractivity (Wildman–Crippen MR) is 109 cm³/mol. The lowest BCUT2D eigenvalue weighted by Gasteiger charge is -2.47. The van der Waals surface area contributed by atoms with Gasteiger partial charge in [-0.1, -0.05) is 23.3 Å². The molecule has 1 fully saturated rings. The van der Waals surface area contributed by atoms with E-state index in [0.29, 0.717) is 18.3 Å². The molecule has 0 aromatic heterocycles. The fourth-order valence-electron chi connectivity index (χ4n) is 3.89. The SMILES string of the molecule is CC(C)=CCC/C(C)=C/CC[C@]1(C)OC2/C(=C\O)C(C=O)=CC(=O)C2C[C@@H]1O. The lowest BCUT2D eigenvalue weighted by atomic mass is 9.73. The number of allylic oxidation sites excluding steroid dienone is 5. The van der Waals surface area contributed by atoms with Crippen LogP contribution in [0, 0.1) is 5.92 Å². The van der Waals surface area contributed by atoms with Gasteiger partial charge >= 0.3 is 0 Å². The van der Waals surface area contributed by atoms with Gasteiger partial charge < -0.3 is 14.9 Å². The standard InChI is InChI=1S/C23H32O5/c1-15(2)7-5-8-16(3)9-6-10-23(4)21(27)12-18-20(26)11-17(13-24)19(14-25)22(18)28-23/h7,9,11,13-14,18,21-22,25,27H,5-6,8,10,12H2,1-4H3/b16-9+,19-14-/t18?,21-,22?,23-/m0/s1. The number of aliphatic hydroxyl groups is 2. The molecule has 0 bridgehead atoms. The number of carbonyl (C=O) groups excluding carboxylic acids is 2. The van der Waals surface area contributed by atoms with Gasteiger partial charge in [0.15, 0.2) is 12.1 Å². The van der Waals surface area contributed by atoms with Crippen molar-refractivity contribution in [1.29, 1.82) is 0 Å². The number of ether oxygens (including phenoxy) is 1. The van der Waals surface area contributed by atoms with Crippen molar-refractivity contribution in [2.24, 2.45) is 5.92 Å². The topological polar surface area (TPSA) is 83.8 Å². The molecular weight excluding hydrogens is 356 g/mol. The smallest absolute Gasteiger partial charge is 0.162 e. The Morgan fingerprint density at radius 2 is 2.00 bits per heavy atom. The maximum Gasteiger partial charge on any atom is 0.162 e. The Labute approximate surface area is 167 Å². The second kappa shape index (κ2) is 9.48. The van der Waals surface area contributed by atoms with E-state index in [4.69, 9.17) is 4.74 Å². The van der Waals surface area contributed by atoms with Crippen LogP contribution in [0.2, 0.25) is 0 Å². The average Bonchev–Trinajstić information content (AvgIpc) is 2.63. The number of carbonyl (C=O) groups is 2. The van der Waals surface area contributed by atoms with Gasteiger partial charge in [-0.05, 0) is 65.9 Å². The van der Waals surface area contributed by atoms with Crippen molar-refractivity contribution >= 4 is 12.1 Å². The number of rotatable bonds is 7. The summed E-state index contributed by atoms with van der Waals surface area (Å²) < 4.78 is 6.15.